The van der Waals surface area contributed by atoms with Crippen LogP contribution in [-0.2, 0) is 4.79 Å². The summed E-state index contributed by atoms with van der Waals surface area (Å²) in [4.78, 5) is 25.5. The molecule has 4 rings (SSSR count). The fourth-order valence-corrected chi connectivity index (χ4v) is 5.37. The Labute approximate surface area is 155 Å². The van der Waals surface area contributed by atoms with E-state index >= 15 is 0 Å². The summed E-state index contributed by atoms with van der Waals surface area (Å²) in [5.74, 6) is 0.216. The topological polar surface area (TPSA) is 46.1 Å². The third-order valence-corrected chi connectivity index (χ3v) is 6.83. The second-order valence-corrected chi connectivity index (χ2v) is 8.46. The number of fused-ring (bicyclic) bond motifs is 1. The molecule has 1 fully saturated rings. The molecule has 1 amide bonds. The summed E-state index contributed by atoms with van der Waals surface area (Å²) in [6, 6.07) is 12.5. The van der Waals surface area contributed by atoms with E-state index in [4.69, 9.17) is 0 Å². The number of rotatable bonds is 3. The van der Waals surface area contributed by atoms with Crippen molar-refractivity contribution in [1.82, 2.24) is 14.9 Å². The average molecular weight is 370 g/mol. The summed E-state index contributed by atoms with van der Waals surface area (Å²) in [6.07, 6.45) is 4.69. The van der Waals surface area contributed by atoms with E-state index in [1.807, 2.05) is 30.1 Å². The number of thioether (sulfide) groups is 1. The lowest BCUT2D eigenvalue weighted by molar-refractivity contribution is -0.128. The standard InChI is InChI=1S/C19H19N3OS2/c1-22-10-6-5-9-15(19(22)23)24-17-14-11-16(13-7-3-2-4-8-13)25-18(14)21-12-20-17/h2-4,7-8,11-12,15H,5-6,9-10H2,1H3. The van der Waals surface area contributed by atoms with Crippen LogP contribution in [0.2, 0.25) is 0 Å². The van der Waals surface area contributed by atoms with Crippen molar-refractivity contribution < 1.29 is 4.79 Å². The van der Waals surface area contributed by atoms with Gasteiger partial charge in [-0.3, -0.25) is 4.79 Å². The van der Waals surface area contributed by atoms with Crippen LogP contribution in [0.3, 0.4) is 0 Å². The molecule has 1 saturated heterocycles. The van der Waals surface area contributed by atoms with Crippen LogP contribution in [-0.4, -0.2) is 39.6 Å². The predicted molar refractivity (Wildman–Crippen MR) is 104 cm³/mol. The number of likely N-dealkylation sites (tertiary alicyclic amines) is 1. The van der Waals surface area contributed by atoms with Gasteiger partial charge >= 0.3 is 0 Å². The van der Waals surface area contributed by atoms with Crippen molar-refractivity contribution in [3.05, 3.63) is 42.7 Å². The number of amides is 1. The molecule has 0 aliphatic carbocycles. The van der Waals surface area contributed by atoms with Gasteiger partial charge in [-0.25, -0.2) is 9.97 Å². The van der Waals surface area contributed by atoms with Gasteiger partial charge in [-0.05, 0) is 24.5 Å². The molecule has 4 nitrogen and oxygen atoms in total. The largest absolute Gasteiger partial charge is 0.345 e. The molecule has 128 valence electrons. The minimum Gasteiger partial charge on any atom is -0.345 e. The monoisotopic (exact) mass is 369 g/mol. The highest BCUT2D eigenvalue weighted by atomic mass is 32.2. The first kappa shape index (κ1) is 16.5. The van der Waals surface area contributed by atoms with Gasteiger partial charge in [0.05, 0.1) is 5.25 Å². The fraction of sp³-hybridized carbons (Fsp3) is 0.316. The number of carbonyl (C=O) groups is 1. The summed E-state index contributed by atoms with van der Waals surface area (Å²) in [6.45, 7) is 0.853. The second-order valence-electron chi connectivity index (χ2n) is 6.24. The zero-order valence-electron chi connectivity index (χ0n) is 14.0. The molecule has 6 heteroatoms. The van der Waals surface area contributed by atoms with Crippen molar-refractivity contribution in [3.8, 4) is 10.4 Å². The first-order chi connectivity index (χ1) is 12.2. The van der Waals surface area contributed by atoms with Gasteiger partial charge < -0.3 is 4.90 Å². The molecule has 3 aromatic rings. The van der Waals surface area contributed by atoms with E-state index in [9.17, 15) is 4.79 Å². The Morgan fingerprint density at radius 1 is 1.20 bits per heavy atom. The van der Waals surface area contributed by atoms with Gasteiger partial charge in [0.15, 0.2) is 0 Å². The van der Waals surface area contributed by atoms with E-state index in [1.54, 1.807) is 29.4 Å². The Kier molecular flexibility index (Phi) is 4.72. The van der Waals surface area contributed by atoms with Crippen LogP contribution in [0.25, 0.3) is 20.7 Å². The maximum atomic E-state index is 12.6. The number of thiophene rings is 1. The highest BCUT2D eigenvalue weighted by Gasteiger charge is 2.27. The summed E-state index contributed by atoms with van der Waals surface area (Å²) in [5.41, 5.74) is 1.19. The summed E-state index contributed by atoms with van der Waals surface area (Å²) >= 11 is 3.26. The number of hydrogen-bond acceptors (Lipinski definition) is 5. The molecule has 1 unspecified atom stereocenters. The number of nitrogens with zero attached hydrogens (tertiary/aromatic N) is 3. The minimum absolute atomic E-state index is 0.0503. The van der Waals surface area contributed by atoms with Crippen molar-refractivity contribution in [1.29, 1.82) is 0 Å². The van der Waals surface area contributed by atoms with Crippen molar-refractivity contribution in [2.24, 2.45) is 0 Å². The Morgan fingerprint density at radius 3 is 2.88 bits per heavy atom. The molecule has 2 aromatic heterocycles. The van der Waals surface area contributed by atoms with Crippen LogP contribution in [0.4, 0.5) is 0 Å². The van der Waals surface area contributed by atoms with Crippen LogP contribution >= 0.6 is 23.1 Å². The first-order valence-electron chi connectivity index (χ1n) is 8.44. The van der Waals surface area contributed by atoms with E-state index in [1.165, 1.54) is 10.4 Å². The first-order valence-corrected chi connectivity index (χ1v) is 10.1. The lowest BCUT2D eigenvalue weighted by Crippen LogP contribution is -2.33. The molecular formula is C19H19N3OS2. The van der Waals surface area contributed by atoms with Gasteiger partial charge in [0.2, 0.25) is 5.91 Å². The molecule has 0 spiro atoms. The van der Waals surface area contributed by atoms with Gasteiger partial charge in [-0.15, -0.1) is 11.3 Å². The quantitative estimate of drug-likeness (QED) is 0.640. The normalized spacial score (nSPS) is 18.5. The van der Waals surface area contributed by atoms with Gasteiger partial charge in [-0.1, -0.05) is 48.5 Å². The maximum Gasteiger partial charge on any atom is 0.235 e. The van der Waals surface area contributed by atoms with E-state index < -0.39 is 0 Å². The van der Waals surface area contributed by atoms with E-state index in [2.05, 4.69) is 28.2 Å². The lowest BCUT2D eigenvalue weighted by Gasteiger charge is -2.19. The molecule has 0 N–H and O–H groups in total. The molecule has 0 saturated carbocycles. The Balaban J connectivity index is 1.68. The van der Waals surface area contributed by atoms with Crippen molar-refractivity contribution in [2.75, 3.05) is 13.6 Å². The number of carbonyl (C=O) groups excluding carboxylic acids is 1. The van der Waals surface area contributed by atoms with Crippen LogP contribution in [0.15, 0.2) is 47.8 Å². The third kappa shape index (κ3) is 3.41. The Morgan fingerprint density at radius 2 is 2.04 bits per heavy atom. The Hall–Kier alpha value is -1.92. The molecule has 0 radical (unpaired) electrons. The fourth-order valence-electron chi connectivity index (χ4n) is 3.07. The maximum absolute atomic E-state index is 12.6. The minimum atomic E-state index is -0.0503. The average Bonchev–Trinajstić information content (AvgIpc) is 3.03. The Bertz CT molecular complexity index is 894. The molecule has 3 heterocycles. The van der Waals surface area contributed by atoms with Crippen molar-refractivity contribution in [3.63, 3.8) is 0 Å². The van der Waals surface area contributed by atoms with Gasteiger partial charge in [0, 0.05) is 23.9 Å². The second kappa shape index (κ2) is 7.14. The molecule has 25 heavy (non-hydrogen) atoms. The van der Waals surface area contributed by atoms with Gasteiger partial charge in [0.1, 0.15) is 16.2 Å². The van der Waals surface area contributed by atoms with E-state index in [0.717, 1.165) is 41.0 Å². The van der Waals surface area contributed by atoms with Crippen LogP contribution in [0.1, 0.15) is 19.3 Å². The zero-order chi connectivity index (χ0) is 17.2. The SMILES string of the molecule is CN1CCCCC(Sc2ncnc3sc(-c4ccccc4)cc23)C1=O. The number of aromatic nitrogens is 2. The predicted octanol–water partition coefficient (Wildman–Crippen LogP) is 4.46. The highest BCUT2D eigenvalue weighted by molar-refractivity contribution is 8.00. The van der Waals surface area contributed by atoms with Crippen molar-refractivity contribution >= 4 is 39.2 Å². The highest BCUT2D eigenvalue weighted by Crippen LogP contribution is 2.38. The summed E-state index contributed by atoms with van der Waals surface area (Å²) < 4.78 is 0. The summed E-state index contributed by atoms with van der Waals surface area (Å²) in [7, 11) is 1.90. The van der Waals surface area contributed by atoms with E-state index in [-0.39, 0.29) is 11.2 Å². The zero-order valence-corrected chi connectivity index (χ0v) is 15.6. The molecule has 0 bridgehead atoms. The van der Waals surface area contributed by atoms with Crippen molar-refractivity contribution in [2.45, 2.75) is 29.5 Å². The molecular weight excluding hydrogens is 350 g/mol. The summed E-state index contributed by atoms with van der Waals surface area (Å²) in [5, 5.41) is 1.92. The van der Waals surface area contributed by atoms with Gasteiger partial charge in [0.25, 0.3) is 0 Å². The third-order valence-electron chi connectivity index (χ3n) is 4.47. The van der Waals surface area contributed by atoms with Crippen LogP contribution in [0.5, 0.6) is 0 Å². The molecule has 1 atom stereocenters. The van der Waals surface area contributed by atoms with E-state index in [0.29, 0.717) is 0 Å². The molecule has 1 aliphatic heterocycles. The molecule has 1 aromatic carbocycles. The van der Waals surface area contributed by atoms with Crippen LogP contribution < -0.4 is 0 Å². The lowest BCUT2D eigenvalue weighted by atomic mass is 10.2. The van der Waals surface area contributed by atoms with Gasteiger partial charge in [-0.2, -0.15) is 0 Å². The van der Waals surface area contributed by atoms with Crippen LogP contribution in [0, 0.1) is 0 Å². The smallest absolute Gasteiger partial charge is 0.235 e. The number of benzene rings is 1. The number of hydrogen-bond donors (Lipinski definition) is 0. The molecule has 1 aliphatic rings.